The number of amides is 2. The molecule has 1 aliphatic rings. The molecule has 0 saturated carbocycles. The number of sulfonamides is 1. The monoisotopic (exact) mass is 759 g/mol. The van der Waals surface area contributed by atoms with Gasteiger partial charge >= 0.3 is 29.6 Å². The molecule has 2 amide bonds. The first-order valence-corrected chi connectivity index (χ1v) is 20.2. The van der Waals surface area contributed by atoms with Crippen molar-refractivity contribution in [2.24, 2.45) is 5.73 Å². The van der Waals surface area contributed by atoms with Crippen LogP contribution in [-0.4, -0.2) is 48.5 Å². The van der Waals surface area contributed by atoms with E-state index in [1.165, 1.54) is 16.4 Å². The van der Waals surface area contributed by atoms with Gasteiger partial charge in [0.1, 0.15) is 11.5 Å². The Hall–Kier alpha value is -3.39. The number of anilines is 1. The summed E-state index contributed by atoms with van der Waals surface area (Å²) in [5, 5.41) is 13.8. The normalized spacial score (nSPS) is 13.9. The zero-order chi connectivity index (χ0) is 37.3. The zero-order valence-electron chi connectivity index (χ0n) is 30.9. The van der Waals surface area contributed by atoms with Crippen molar-refractivity contribution in [3.05, 3.63) is 76.9 Å². The first kappa shape index (κ1) is 44.0. The van der Waals surface area contributed by atoms with Crippen molar-refractivity contribution in [3.8, 4) is 0 Å². The second-order valence-electron chi connectivity index (χ2n) is 13.4. The smallest absolute Gasteiger partial charge is 0.550 e. The summed E-state index contributed by atoms with van der Waals surface area (Å²) >= 11 is 0. The van der Waals surface area contributed by atoms with Gasteiger partial charge in [-0.1, -0.05) is 63.2 Å². The molecular weight excluding hydrogens is 709 g/mol. The second kappa shape index (κ2) is 22.7. The number of nitrogens with two attached hydrogens (primary N) is 1. The van der Waals surface area contributed by atoms with Gasteiger partial charge in [-0.05, 0) is 94.0 Å². The van der Waals surface area contributed by atoms with Crippen LogP contribution in [0.1, 0.15) is 135 Å². The predicted octanol–water partition coefficient (Wildman–Crippen LogP) is 3.04. The van der Waals surface area contributed by atoms with Crippen molar-refractivity contribution in [1.29, 1.82) is 0 Å². The summed E-state index contributed by atoms with van der Waals surface area (Å²) in [6.45, 7) is 0.142. The van der Waals surface area contributed by atoms with Gasteiger partial charge in [0.25, 0.3) is 5.91 Å². The number of halogens is 1. The van der Waals surface area contributed by atoms with Gasteiger partial charge in [0.15, 0.2) is 5.82 Å². The molecule has 11 nitrogen and oxygen atoms in total. The first-order valence-electron chi connectivity index (χ1n) is 18.6. The summed E-state index contributed by atoms with van der Waals surface area (Å²) in [5.41, 5.74) is 6.99. The van der Waals surface area contributed by atoms with Crippen LogP contribution in [0.25, 0.3) is 10.9 Å². The van der Waals surface area contributed by atoms with Crippen LogP contribution in [0.5, 0.6) is 0 Å². The van der Waals surface area contributed by atoms with Crippen LogP contribution in [0, 0.1) is 5.82 Å². The van der Waals surface area contributed by atoms with Crippen molar-refractivity contribution in [2.45, 2.75) is 116 Å². The van der Waals surface area contributed by atoms with Crippen LogP contribution in [0.3, 0.4) is 0 Å². The Morgan fingerprint density at radius 2 is 1.58 bits per heavy atom. The number of carboxylic acid groups (broad SMARTS) is 1. The Morgan fingerprint density at radius 1 is 0.925 bits per heavy atom. The summed E-state index contributed by atoms with van der Waals surface area (Å²) in [4.78, 5) is 45.6. The number of unbranched alkanes of at least 4 members (excludes halogenated alkanes) is 11. The number of allylic oxidation sites excluding steroid dienone is 2. The minimum absolute atomic E-state index is 0. The summed E-state index contributed by atoms with van der Waals surface area (Å²) in [5.74, 6) is -2.80. The van der Waals surface area contributed by atoms with Gasteiger partial charge in [0.05, 0.1) is 11.3 Å². The maximum Gasteiger partial charge on any atom is 1.00 e. The molecule has 2 aromatic heterocycles. The van der Waals surface area contributed by atoms with E-state index in [1.807, 2.05) is 0 Å². The quantitative estimate of drug-likeness (QED) is 0.0893. The maximum absolute atomic E-state index is 13.8. The molecule has 0 bridgehead atoms. The summed E-state index contributed by atoms with van der Waals surface area (Å²) in [6.07, 6.45) is 21.1. The molecular formula is C39H51FN5NaO6S. The van der Waals surface area contributed by atoms with Gasteiger partial charge in [0.2, 0.25) is 15.9 Å². The minimum atomic E-state index is -3.64. The van der Waals surface area contributed by atoms with Gasteiger partial charge in [-0.15, -0.1) is 0 Å². The van der Waals surface area contributed by atoms with Gasteiger partial charge in [-0.2, -0.15) is 0 Å². The molecule has 1 aliphatic heterocycles. The molecule has 3 N–H and O–H groups in total. The third kappa shape index (κ3) is 13.8. The molecule has 0 unspecified atom stereocenters. The first-order chi connectivity index (χ1) is 25.1. The largest absolute Gasteiger partial charge is 1.00 e. The van der Waals surface area contributed by atoms with Crippen LogP contribution >= 0.6 is 0 Å². The molecule has 1 saturated heterocycles. The number of nitrogens with zero attached hydrogens (tertiary/aromatic N) is 3. The molecule has 1 fully saturated rings. The van der Waals surface area contributed by atoms with Crippen LogP contribution in [0.2, 0.25) is 0 Å². The number of benzene rings is 1. The molecule has 3 aromatic rings. The van der Waals surface area contributed by atoms with E-state index in [1.54, 1.807) is 18.3 Å². The van der Waals surface area contributed by atoms with E-state index in [-0.39, 0.29) is 71.9 Å². The van der Waals surface area contributed by atoms with Gasteiger partial charge < -0.3 is 21.0 Å². The van der Waals surface area contributed by atoms with Crippen molar-refractivity contribution in [2.75, 3.05) is 16.6 Å². The molecule has 4 rings (SSSR count). The Bertz CT molecular complexity index is 1820. The Labute approximate surface area is 334 Å². The number of nitrogens with one attached hydrogen (secondary N) is 1. The average molecular weight is 760 g/mol. The molecule has 14 heteroatoms. The third-order valence-electron chi connectivity index (χ3n) is 9.38. The number of primary amides is 1. The molecule has 0 radical (unpaired) electrons. The Morgan fingerprint density at radius 3 is 2.25 bits per heavy atom. The molecule has 3 heterocycles. The van der Waals surface area contributed by atoms with Crippen LogP contribution < -0.4 is 50.0 Å². The number of hydrogen-bond donors (Lipinski definition) is 2. The van der Waals surface area contributed by atoms with E-state index in [2.05, 4.69) is 22.5 Å². The molecule has 0 atom stereocenters. The Balaban J connectivity index is 0.00000756. The van der Waals surface area contributed by atoms with Crippen molar-refractivity contribution >= 4 is 44.5 Å². The van der Waals surface area contributed by atoms with E-state index < -0.39 is 33.6 Å². The summed E-state index contributed by atoms with van der Waals surface area (Å²) in [6, 6.07) is 7.13. The SMILES string of the molecule is NC(=O)c1cc(F)ccc1CNC(=O)c1nc(N2CCCCS2(=O)=O)c2cccnc2c1CCCCCCCC/C=C\CCCCCCCC(=O)[O-].[Na+]. The van der Waals surface area contributed by atoms with Gasteiger partial charge in [0, 0.05) is 41.8 Å². The Kier molecular flexibility index (Phi) is 18.9. The van der Waals surface area contributed by atoms with E-state index in [0.717, 1.165) is 83.1 Å². The number of pyridine rings is 2. The molecule has 1 aromatic carbocycles. The predicted molar refractivity (Wildman–Crippen MR) is 198 cm³/mol. The number of hydrogen-bond acceptors (Lipinski definition) is 8. The standard InChI is InChI=1S/C39H52FN5O6S.Na/c40-30-23-22-29(33(27-30)37(41)48)28-43-39(49)36-31(35-32(20-18-24-42-35)38(44-36)45-25-16-17-26-52(45,50)51)19-14-12-10-8-6-4-2-1-3-5-7-9-11-13-15-21-34(46)47;/h1,3,18,20,22-24,27H,2,4-17,19,21,25-26,28H2,(H2,41,48)(H,43,49)(H,46,47);/q;+1/p-1/b3-1-;. The van der Waals surface area contributed by atoms with E-state index in [4.69, 9.17) is 10.7 Å². The number of aromatic nitrogens is 2. The van der Waals surface area contributed by atoms with E-state index in [0.29, 0.717) is 47.7 Å². The molecule has 0 spiro atoms. The number of aryl methyl sites for hydroxylation is 1. The minimum Gasteiger partial charge on any atom is -0.550 e. The fourth-order valence-corrected chi connectivity index (χ4v) is 8.17. The van der Waals surface area contributed by atoms with Crippen LogP contribution in [0.4, 0.5) is 10.2 Å². The van der Waals surface area contributed by atoms with E-state index in [9.17, 15) is 32.3 Å². The number of carbonyl (C=O) groups excluding carboxylic acids is 3. The molecule has 282 valence electrons. The summed E-state index contributed by atoms with van der Waals surface area (Å²) < 4.78 is 41.4. The second-order valence-corrected chi connectivity index (χ2v) is 15.4. The summed E-state index contributed by atoms with van der Waals surface area (Å²) in [7, 11) is -3.64. The van der Waals surface area contributed by atoms with Crippen molar-refractivity contribution in [3.63, 3.8) is 0 Å². The fourth-order valence-electron chi connectivity index (χ4n) is 6.57. The van der Waals surface area contributed by atoms with Crippen LogP contribution in [-0.2, 0) is 27.8 Å². The number of carbonyl (C=O) groups is 3. The van der Waals surface area contributed by atoms with Crippen LogP contribution in [0.15, 0.2) is 48.7 Å². The average Bonchev–Trinajstić information content (AvgIpc) is 3.11. The molecule has 0 aliphatic carbocycles. The number of carboxylic acids is 1. The number of rotatable bonds is 22. The zero-order valence-corrected chi connectivity index (χ0v) is 33.7. The van der Waals surface area contributed by atoms with Gasteiger partial charge in [-0.25, -0.2) is 17.8 Å². The van der Waals surface area contributed by atoms with E-state index >= 15 is 0 Å². The van der Waals surface area contributed by atoms with Gasteiger partial charge in [-0.3, -0.25) is 18.9 Å². The maximum atomic E-state index is 13.8. The fraction of sp³-hybridized carbons (Fsp3) is 0.513. The van der Waals surface area contributed by atoms with Crippen molar-refractivity contribution < 1.29 is 61.9 Å². The van der Waals surface area contributed by atoms with Crippen molar-refractivity contribution in [1.82, 2.24) is 15.3 Å². The number of aliphatic carboxylic acids is 1. The topological polar surface area (TPSA) is 175 Å². The third-order valence-corrected chi connectivity index (χ3v) is 11.2. The molecule has 53 heavy (non-hydrogen) atoms. The number of fused-ring (bicyclic) bond motifs is 1.